The summed E-state index contributed by atoms with van der Waals surface area (Å²) in [6.07, 6.45) is 0.120. The van der Waals surface area contributed by atoms with E-state index in [1.54, 1.807) is 6.08 Å². The van der Waals surface area contributed by atoms with E-state index in [1.165, 1.54) is 25.3 Å². The van der Waals surface area contributed by atoms with E-state index in [9.17, 15) is 26.4 Å². The Morgan fingerprint density at radius 2 is 1.97 bits per heavy atom. The predicted octanol–water partition coefficient (Wildman–Crippen LogP) is 3.97. The number of hydrogen-bond donors (Lipinski definition) is 1. The summed E-state index contributed by atoms with van der Waals surface area (Å²) in [6.45, 7) is 0.581. The van der Waals surface area contributed by atoms with Crippen molar-refractivity contribution in [3.8, 4) is 0 Å². The van der Waals surface area contributed by atoms with Crippen LogP contribution in [0.4, 0.5) is 18.9 Å². The van der Waals surface area contributed by atoms with Crippen LogP contribution in [0.2, 0.25) is 0 Å². The second-order valence-corrected chi connectivity index (χ2v) is 11.0. The number of carbonyl (C=O) groups is 1. The fraction of sp³-hybridized carbons (Fsp3) is 0.471. The number of rotatable bonds is 7. The van der Waals surface area contributed by atoms with Gasteiger partial charge in [-0.2, -0.15) is 13.2 Å². The maximum Gasteiger partial charge on any atom is 0.471 e. The minimum Gasteiger partial charge on any atom is -0.299 e. The zero-order valence-corrected chi connectivity index (χ0v) is 21.1. The number of nitrogens with zero attached hydrogens (tertiary/aromatic N) is 2. The lowest BCUT2D eigenvalue weighted by Gasteiger charge is -2.26. The first-order valence-corrected chi connectivity index (χ1v) is 12.6. The van der Waals surface area contributed by atoms with Crippen LogP contribution in [0.5, 0.6) is 0 Å². The van der Waals surface area contributed by atoms with Gasteiger partial charge in [-0.1, -0.05) is 21.5 Å². The molecule has 0 aromatic heterocycles. The van der Waals surface area contributed by atoms with Crippen LogP contribution in [-0.2, 0) is 20.6 Å². The van der Waals surface area contributed by atoms with E-state index in [0.717, 1.165) is 19.4 Å². The highest BCUT2D eigenvalue weighted by Gasteiger charge is 2.43. The Bertz CT molecular complexity index is 906. The van der Waals surface area contributed by atoms with Crippen LogP contribution in [0, 0.1) is 0 Å². The number of carbonyl (C=O) groups excluding carboxylic acids is 1. The fourth-order valence-corrected chi connectivity index (χ4v) is 5.91. The molecule has 1 saturated heterocycles. The molecule has 30 heavy (non-hydrogen) atoms. The smallest absolute Gasteiger partial charge is 0.299 e. The van der Waals surface area contributed by atoms with Crippen molar-refractivity contribution < 1.29 is 26.4 Å². The molecule has 1 N–H and O–H groups in total. The van der Waals surface area contributed by atoms with E-state index in [-0.39, 0.29) is 33.0 Å². The zero-order valence-electron chi connectivity index (χ0n) is 15.9. The maximum atomic E-state index is 13.2. The van der Waals surface area contributed by atoms with Crippen molar-refractivity contribution in [1.29, 1.82) is 0 Å². The Kier molecular flexibility index (Phi) is 8.92. The van der Waals surface area contributed by atoms with Crippen molar-refractivity contribution in [3.05, 3.63) is 38.8 Å². The van der Waals surface area contributed by atoms with E-state index in [0.29, 0.717) is 10.5 Å². The van der Waals surface area contributed by atoms with Crippen molar-refractivity contribution >= 4 is 62.9 Å². The maximum absolute atomic E-state index is 13.2. The van der Waals surface area contributed by atoms with Gasteiger partial charge in [-0.25, -0.2) is 13.1 Å². The molecule has 0 saturated carbocycles. The highest BCUT2D eigenvalue weighted by Crippen LogP contribution is 2.38. The Morgan fingerprint density at radius 1 is 1.37 bits per heavy atom. The molecule has 6 nitrogen and oxygen atoms in total. The second-order valence-electron chi connectivity index (χ2n) is 6.66. The van der Waals surface area contributed by atoms with Crippen molar-refractivity contribution in [2.45, 2.75) is 30.8 Å². The molecule has 1 aromatic carbocycles. The molecule has 0 radical (unpaired) electrons. The zero-order chi connectivity index (χ0) is 22.7. The Balaban J connectivity index is 2.37. The monoisotopic (exact) mass is 593 g/mol. The summed E-state index contributed by atoms with van der Waals surface area (Å²) >= 11 is 6.38. The van der Waals surface area contributed by atoms with Crippen molar-refractivity contribution in [3.63, 3.8) is 0 Å². The topological polar surface area (TPSA) is 69.7 Å². The average Bonchev–Trinajstić information content (AvgIpc) is 3.03. The lowest BCUT2D eigenvalue weighted by molar-refractivity contribution is -0.170. The van der Waals surface area contributed by atoms with Gasteiger partial charge in [0.1, 0.15) is 0 Å². The molecule has 13 heteroatoms. The number of hydrogen-bond acceptors (Lipinski definition) is 4. The minimum atomic E-state index is -5.07. The van der Waals surface area contributed by atoms with Crippen LogP contribution in [0.1, 0.15) is 18.4 Å². The number of anilines is 1. The second kappa shape index (κ2) is 10.4. The lowest BCUT2D eigenvalue weighted by Crippen LogP contribution is -2.42. The number of amides is 1. The SMILES string of the molecule is CNS(=O)(=O)Cc1cc(Br)c(N(C/C=C\[C@H]2CCCN2P)C(=O)C(F)(F)F)c(Br)c1. The first-order chi connectivity index (χ1) is 13.9. The molecule has 2 rings (SSSR count). The first kappa shape index (κ1) is 25.7. The quantitative estimate of drug-likeness (QED) is 0.383. The molecule has 1 aromatic rings. The number of sulfonamides is 1. The van der Waals surface area contributed by atoms with Gasteiger partial charge in [0.05, 0.1) is 11.4 Å². The average molecular weight is 595 g/mol. The molecule has 0 bridgehead atoms. The van der Waals surface area contributed by atoms with E-state index in [1.807, 2.05) is 4.67 Å². The van der Waals surface area contributed by atoms with E-state index in [2.05, 4.69) is 46.0 Å². The normalized spacial score (nSPS) is 18.3. The highest BCUT2D eigenvalue weighted by molar-refractivity contribution is 9.11. The van der Waals surface area contributed by atoms with E-state index >= 15 is 0 Å². The van der Waals surface area contributed by atoms with Gasteiger partial charge in [0, 0.05) is 28.1 Å². The van der Waals surface area contributed by atoms with Crippen molar-refractivity contribution in [1.82, 2.24) is 9.39 Å². The molecule has 1 amide bonds. The Morgan fingerprint density at radius 3 is 2.43 bits per heavy atom. The van der Waals surface area contributed by atoms with Crippen LogP contribution in [-0.4, -0.2) is 51.4 Å². The Hall–Kier alpha value is -0.520. The molecule has 168 valence electrons. The van der Waals surface area contributed by atoms with Crippen LogP contribution in [0.15, 0.2) is 33.2 Å². The van der Waals surface area contributed by atoms with Crippen LogP contribution < -0.4 is 9.62 Å². The van der Waals surface area contributed by atoms with Crippen LogP contribution in [0.3, 0.4) is 0 Å². The molecule has 1 aliphatic heterocycles. The van der Waals surface area contributed by atoms with Gasteiger partial charge in [-0.3, -0.25) is 14.4 Å². The molecule has 1 heterocycles. The molecular weight excluding hydrogens is 574 g/mol. The van der Waals surface area contributed by atoms with Crippen LogP contribution >= 0.6 is 41.3 Å². The van der Waals surface area contributed by atoms with Crippen LogP contribution in [0.25, 0.3) is 0 Å². The predicted molar refractivity (Wildman–Crippen MR) is 121 cm³/mol. The first-order valence-electron chi connectivity index (χ1n) is 8.81. The Labute approximate surface area is 192 Å². The number of nitrogens with one attached hydrogen (secondary N) is 1. The van der Waals surface area contributed by atoms with Gasteiger partial charge in [0.2, 0.25) is 10.0 Å². The van der Waals surface area contributed by atoms with E-state index in [4.69, 9.17) is 0 Å². The van der Waals surface area contributed by atoms with Gasteiger partial charge < -0.3 is 0 Å². The van der Waals surface area contributed by atoms with Crippen molar-refractivity contribution in [2.75, 3.05) is 25.0 Å². The summed E-state index contributed by atoms with van der Waals surface area (Å²) in [5.74, 6) is -2.38. The number of benzene rings is 1. The summed E-state index contributed by atoms with van der Waals surface area (Å²) < 4.78 is 67.8. The van der Waals surface area contributed by atoms with Gasteiger partial charge in [0.15, 0.2) is 0 Å². The van der Waals surface area contributed by atoms with Gasteiger partial charge in [-0.15, -0.1) is 0 Å². The molecular formula is C17H21Br2F3N3O3PS. The third-order valence-electron chi connectivity index (χ3n) is 4.49. The largest absolute Gasteiger partial charge is 0.471 e. The third kappa shape index (κ3) is 6.74. The summed E-state index contributed by atoms with van der Waals surface area (Å²) in [7, 11) is 0.273. The summed E-state index contributed by atoms with van der Waals surface area (Å²) in [5.41, 5.74) is 0.313. The fourth-order valence-electron chi connectivity index (χ4n) is 3.02. The highest BCUT2D eigenvalue weighted by atomic mass is 79.9. The van der Waals surface area contributed by atoms with Gasteiger partial charge in [0.25, 0.3) is 0 Å². The lowest BCUT2D eigenvalue weighted by atomic mass is 10.2. The molecule has 1 aliphatic rings. The van der Waals surface area contributed by atoms with E-state index < -0.39 is 22.1 Å². The minimum absolute atomic E-state index is 0.0262. The summed E-state index contributed by atoms with van der Waals surface area (Å²) in [4.78, 5) is 12.7. The molecule has 0 spiro atoms. The summed E-state index contributed by atoms with van der Waals surface area (Å²) in [6, 6.07) is 2.85. The van der Waals surface area contributed by atoms with Gasteiger partial charge >= 0.3 is 12.1 Å². The standard InChI is InChI=1S/C17H21Br2F3N3O3PS/c1-23-30(27,28)10-11-8-13(18)15(14(19)9-11)24(16(26)17(20,21)22)6-2-4-12-5-3-7-25(12)29/h2,4,8-9,12,23H,3,5-7,10,29H2,1H3/b4-2-/t12-/m0/s1. The molecule has 1 fully saturated rings. The molecule has 2 atom stereocenters. The van der Waals surface area contributed by atoms with Crippen molar-refractivity contribution in [2.24, 2.45) is 0 Å². The molecule has 1 unspecified atom stereocenters. The van der Waals surface area contributed by atoms with Gasteiger partial charge in [-0.05, 0) is 69.4 Å². The molecule has 0 aliphatic carbocycles. The third-order valence-corrected chi connectivity index (χ3v) is 7.68. The summed E-state index contributed by atoms with van der Waals surface area (Å²) in [5, 5.41) is 0. The number of halogens is 5. The number of alkyl halides is 3.